The molecule has 20 heavy (non-hydrogen) atoms. The molecule has 0 aromatic heterocycles. The maximum atomic E-state index is 12.1. The van der Waals surface area contributed by atoms with Crippen LogP contribution in [0.25, 0.3) is 0 Å². The second-order valence-electron chi connectivity index (χ2n) is 5.07. The van der Waals surface area contributed by atoms with Crippen LogP contribution in [-0.4, -0.2) is 24.9 Å². The summed E-state index contributed by atoms with van der Waals surface area (Å²) < 4.78 is 0. The molecule has 108 valence electrons. The zero-order chi connectivity index (χ0) is 14.7. The van der Waals surface area contributed by atoms with E-state index in [1.165, 1.54) is 6.92 Å². The lowest BCUT2D eigenvalue weighted by Gasteiger charge is -2.31. The van der Waals surface area contributed by atoms with Gasteiger partial charge in [0.2, 0.25) is 11.8 Å². The van der Waals surface area contributed by atoms with Crippen LogP contribution in [0, 0.1) is 11.8 Å². The summed E-state index contributed by atoms with van der Waals surface area (Å²) >= 11 is 6.11. The SMILES string of the molecule is CC(=O)Nc1ccc(NC(=O)C(C)C2CNC2)c(Cl)c1. The van der Waals surface area contributed by atoms with Crippen molar-refractivity contribution in [1.82, 2.24) is 5.32 Å². The monoisotopic (exact) mass is 295 g/mol. The minimum atomic E-state index is -0.163. The largest absolute Gasteiger partial charge is 0.326 e. The molecule has 1 saturated heterocycles. The van der Waals surface area contributed by atoms with E-state index >= 15 is 0 Å². The van der Waals surface area contributed by atoms with Crippen molar-refractivity contribution >= 4 is 34.8 Å². The van der Waals surface area contributed by atoms with E-state index < -0.39 is 0 Å². The number of hydrogen-bond acceptors (Lipinski definition) is 3. The van der Waals surface area contributed by atoms with Gasteiger partial charge in [-0.25, -0.2) is 0 Å². The van der Waals surface area contributed by atoms with Crippen molar-refractivity contribution in [3.63, 3.8) is 0 Å². The van der Waals surface area contributed by atoms with Gasteiger partial charge in [-0.2, -0.15) is 0 Å². The fraction of sp³-hybridized carbons (Fsp3) is 0.429. The quantitative estimate of drug-likeness (QED) is 0.796. The average molecular weight is 296 g/mol. The summed E-state index contributed by atoms with van der Waals surface area (Å²) in [4.78, 5) is 23.1. The molecule has 0 aliphatic carbocycles. The van der Waals surface area contributed by atoms with Gasteiger partial charge in [0.05, 0.1) is 10.7 Å². The first-order chi connectivity index (χ1) is 9.47. The Morgan fingerprint density at radius 2 is 2.05 bits per heavy atom. The number of carbonyl (C=O) groups excluding carboxylic acids is 2. The van der Waals surface area contributed by atoms with Gasteiger partial charge in [0.1, 0.15) is 0 Å². The lowest BCUT2D eigenvalue weighted by Crippen LogP contribution is -2.48. The van der Waals surface area contributed by atoms with E-state index in [1.807, 2.05) is 6.92 Å². The maximum absolute atomic E-state index is 12.1. The van der Waals surface area contributed by atoms with Crippen molar-refractivity contribution in [2.45, 2.75) is 13.8 Å². The van der Waals surface area contributed by atoms with E-state index in [-0.39, 0.29) is 17.7 Å². The van der Waals surface area contributed by atoms with E-state index in [2.05, 4.69) is 16.0 Å². The second-order valence-corrected chi connectivity index (χ2v) is 5.48. The third kappa shape index (κ3) is 3.49. The molecule has 1 atom stereocenters. The Bertz CT molecular complexity index is 529. The number of amides is 2. The van der Waals surface area contributed by atoms with Gasteiger partial charge in [-0.1, -0.05) is 18.5 Å². The number of hydrogen-bond donors (Lipinski definition) is 3. The number of carbonyl (C=O) groups is 2. The van der Waals surface area contributed by atoms with Crippen LogP contribution in [-0.2, 0) is 9.59 Å². The van der Waals surface area contributed by atoms with E-state index in [9.17, 15) is 9.59 Å². The van der Waals surface area contributed by atoms with Crippen LogP contribution in [0.1, 0.15) is 13.8 Å². The third-order valence-corrected chi connectivity index (χ3v) is 3.79. The van der Waals surface area contributed by atoms with Gasteiger partial charge in [-0.15, -0.1) is 0 Å². The Morgan fingerprint density at radius 1 is 1.35 bits per heavy atom. The molecule has 3 N–H and O–H groups in total. The molecule has 2 rings (SSSR count). The number of halogens is 1. The summed E-state index contributed by atoms with van der Waals surface area (Å²) in [5.74, 6) is 0.129. The van der Waals surface area contributed by atoms with E-state index in [4.69, 9.17) is 11.6 Å². The predicted octanol–water partition coefficient (Wildman–Crippen LogP) is 2.09. The number of rotatable bonds is 4. The molecule has 6 heteroatoms. The van der Waals surface area contributed by atoms with Crippen molar-refractivity contribution in [1.29, 1.82) is 0 Å². The highest BCUT2D eigenvalue weighted by atomic mass is 35.5. The Hall–Kier alpha value is -1.59. The molecule has 1 aromatic rings. The van der Waals surface area contributed by atoms with Crippen LogP contribution < -0.4 is 16.0 Å². The fourth-order valence-electron chi connectivity index (χ4n) is 2.02. The minimum absolute atomic E-state index is 0.0364. The summed E-state index contributed by atoms with van der Waals surface area (Å²) in [5, 5.41) is 9.03. The van der Waals surface area contributed by atoms with Crippen LogP contribution in [0.5, 0.6) is 0 Å². The maximum Gasteiger partial charge on any atom is 0.227 e. The molecular formula is C14H18ClN3O2. The number of nitrogens with one attached hydrogen (secondary N) is 3. The minimum Gasteiger partial charge on any atom is -0.326 e. The molecule has 0 spiro atoms. The Kier molecular flexibility index (Phi) is 4.62. The van der Waals surface area contributed by atoms with E-state index in [0.717, 1.165) is 13.1 Å². The topological polar surface area (TPSA) is 70.2 Å². The molecule has 1 aromatic carbocycles. The van der Waals surface area contributed by atoms with Crippen LogP contribution in [0.3, 0.4) is 0 Å². The molecule has 0 radical (unpaired) electrons. The van der Waals surface area contributed by atoms with Gasteiger partial charge in [-0.3, -0.25) is 9.59 Å². The van der Waals surface area contributed by atoms with Crippen molar-refractivity contribution in [2.75, 3.05) is 23.7 Å². The first kappa shape index (κ1) is 14.8. The van der Waals surface area contributed by atoms with E-state index in [1.54, 1.807) is 18.2 Å². The molecule has 0 saturated carbocycles. The van der Waals surface area contributed by atoms with Gasteiger partial charge < -0.3 is 16.0 Å². The van der Waals surface area contributed by atoms with Crippen LogP contribution >= 0.6 is 11.6 Å². The molecule has 1 unspecified atom stereocenters. The first-order valence-corrected chi connectivity index (χ1v) is 6.94. The second kappa shape index (κ2) is 6.24. The summed E-state index contributed by atoms with van der Waals surface area (Å²) in [6, 6.07) is 5.02. The summed E-state index contributed by atoms with van der Waals surface area (Å²) in [6.07, 6.45) is 0. The molecular weight excluding hydrogens is 278 g/mol. The third-order valence-electron chi connectivity index (χ3n) is 3.48. The number of anilines is 2. The Balaban J connectivity index is 2.01. The molecule has 1 aliphatic heterocycles. The average Bonchev–Trinajstić information content (AvgIpc) is 2.29. The normalized spacial score (nSPS) is 16.1. The Labute approximate surface area is 123 Å². The highest BCUT2D eigenvalue weighted by Crippen LogP contribution is 2.27. The lowest BCUT2D eigenvalue weighted by molar-refractivity contribution is -0.121. The zero-order valence-corrected chi connectivity index (χ0v) is 12.3. The molecule has 1 fully saturated rings. The van der Waals surface area contributed by atoms with Crippen LogP contribution in [0.15, 0.2) is 18.2 Å². The van der Waals surface area contributed by atoms with Crippen LogP contribution in [0.4, 0.5) is 11.4 Å². The highest BCUT2D eigenvalue weighted by Gasteiger charge is 2.28. The smallest absolute Gasteiger partial charge is 0.227 e. The van der Waals surface area contributed by atoms with Gasteiger partial charge in [-0.05, 0) is 37.2 Å². The summed E-state index contributed by atoms with van der Waals surface area (Å²) in [5.41, 5.74) is 1.17. The number of benzene rings is 1. The first-order valence-electron chi connectivity index (χ1n) is 6.56. The van der Waals surface area contributed by atoms with E-state index in [0.29, 0.717) is 22.3 Å². The van der Waals surface area contributed by atoms with Gasteiger partial charge >= 0.3 is 0 Å². The van der Waals surface area contributed by atoms with Gasteiger partial charge in [0.15, 0.2) is 0 Å². The Morgan fingerprint density at radius 3 is 2.55 bits per heavy atom. The van der Waals surface area contributed by atoms with Crippen LogP contribution in [0.2, 0.25) is 5.02 Å². The highest BCUT2D eigenvalue weighted by molar-refractivity contribution is 6.34. The summed E-state index contributed by atoms with van der Waals surface area (Å²) in [6.45, 7) is 5.10. The van der Waals surface area contributed by atoms with Crippen molar-refractivity contribution < 1.29 is 9.59 Å². The lowest BCUT2D eigenvalue weighted by atomic mass is 9.88. The molecule has 2 amide bonds. The molecule has 1 aliphatic rings. The standard InChI is InChI=1S/C14H18ClN3O2/c1-8(10-6-16-7-10)14(20)18-13-4-3-11(5-12(13)15)17-9(2)19/h3-5,8,10,16H,6-7H2,1-2H3,(H,17,19)(H,18,20). The zero-order valence-electron chi connectivity index (χ0n) is 11.5. The molecule has 1 heterocycles. The summed E-state index contributed by atoms with van der Waals surface area (Å²) in [7, 11) is 0. The molecule has 5 nitrogen and oxygen atoms in total. The van der Waals surface area contributed by atoms with Crippen molar-refractivity contribution in [3.05, 3.63) is 23.2 Å². The van der Waals surface area contributed by atoms with Gasteiger partial charge in [0, 0.05) is 18.5 Å². The van der Waals surface area contributed by atoms with Gasteiger partial charge in [0.25, 0.3) is 0 Å². The van der Waals surface area contributed by atoms with Crippen molar-refractivity contribution in [3.8, 4) is 0 Å². The fourth-order valence-corrected chi connectivity index (χ4v) is 2.25. The predicted molar refractivity (Wildman–Crippen MR) is 79.9 cm³/mol. The van der Waals surface area contributed by atoms with Crippen molar-refractivity contribution in [2.24, 2.45) is 11.8 Å². The molecule has 0 bridgehead atoms.